The van der Waals surface area contributed by atoms with Gasteiger partial charge in [0.05, 0.1) is 3.58 Å². The van der Waals surface area contributed by atoms with Crippen LogP contribution in [0.15, 0.2) is 9.84 Å². The Hall–Kier alpha value is 0.380. The van der Waals surface area contributed by atoms with Crippen molar-refractivity contribution in [2.24, 2.45) is 0 Å². The van der Waals surface area contributed by atoms with Gasteiger partial charge < -0.3 is 4.18 Å². The van der Waals surface area contributed by atoms with Crippen LogP contribution in [0, 0.1) is 0 Å². The van der Waals surface area contributed by atoms with E-state index < -0.39 is 11.4 Å². The third-order valence-electron chi connectivity index (χ3n) is 0.548. The number of halogens is 1. The van der Waals surface area contributed by atoms with Gasteiger partial charge in [0.2, 0.25) is 0 Å². The fourth-order valence-electron chi connectivity index (χ4n) is 0.258. The van der Waals surface area contributed by atoms with E-state index in [1.54, 1.807) is 0 Å². The van der Waals surface area contributed by atoms with E-state index in [-0.39, 0.29) is 0 Å². The lowest BCUT2D eigenvalue weighted by molar-refractivity contribution is 0.304. The molecule has 0 radical (unpaired) electrons. The maximum Gasteiger partial charge on any atom is 0.359 e. The van der Waals surface area contributed by atoms with Crippen LogP contribution < -0.4 is 0 Å². The Morgan fingerprint density at radius 1 is 1.88 bits per heavy atom. The molecule has 0 saturated carbocycles. The smallest absolute Gasteiger partial charge is 0.359 e. The summed E-state index contributed by atoms with van der Waals surface area (Å²) in [5.41, 5.74) is 0. The second-order valence-electron chi connectivity index (χ2n) is 1.13. The van der Waals surface area contributed by atoms with Gasteiger partial charge in [-0.1, -0.05) is 0 Å². The molecule has 0 aromatic carbocycles. The lowest BCUT2D eigenvalue weighted by atomic mass is 10.7. The van der Waals surface area contributed by atoms with Gasteiger partial charge in [0.15, 0.2) is 0 Å². The molecule has 0 aliphatic carbocycles. The zero-order chi connectivity index (χ0) is 5.98. The first kappa shape index (κ1) is 6.50. The van der Waals surface area contributed by atoms with Crippen molar-refractivity contribution >= 4 is 34.0 Å². The molecule has 8 heavy (non-hydrogen) atoms. The Morgan fingerprint density at radius 3 is 3.00 bits per heavy atom. The van der Waals surface area contributed by atoms with Gasteiger partial charge >= 0.3 is 11.4 Å². The van der Waals surface area contributed by atoms with Crippen LogP contribution in [0.2, 0.25) is 0 Å². The van der Waals surface area contributed by atoms with Crippen LogP contribution in [-0.2, 0) is 19.7 Å². The van der Waals surface area contributed by atoms with Crippen LogP contribution in [-0.4, -0.2) is 10.8 Å². The number of rotatable bonds is 0. The van der Waals surface area contributed by atoms with E-state index in [4.69, 9.17) is 0 Å². The van der Waals surface area contributed by atoms with Gasteiger partial charge in [-0.2, -0.15) is 4.21 Å². The zero-order valence-electron chi connectivity index (χ0n) is 3.80. The number of hydrogen-bond donors (Lipinski definition) is 0. The van der Waals surface area contributed by atoms with Crippen molar-refractivity contribution in [1.29, 1.82) is 0 Å². The Morgan fingerprint density at radius 2 is 2.62 bits per heavy atom. The van der Waals surface area contributed by atoms with Gasteiger partial charge in [0.25, 0.3) is 0 Å². The number of hydrogen-bond acceptors (Lipinski definition) is 3. The van der Waals surface area contributed by atoms with E-state index >= 15 is 0 Å². The lowest BCUT2D eigenvalue weighted by Gasteiger charge is -2.05. The fourth-order valence-corrected chi connectivity index (χ4v) is 1.40. The summed E-state index contributed by atoms with van der Waals surface area (Å²) in [6.07, 6.45) is 1.43. The standard InChI is InChI=1S/C3H3IO3S/c4-3-1-6-8(5)7-2-3/h1H,2H2. The summed E-state index contributed by atoms with van der Waals surface area (Å²) in [7, 11) is 0. The topological polar surface area (TPSA) is 35.5 Å². The highest BCUT2D eigenvalue weighted by atomic mass is 127. The summed E-state index contributed by atoms with van der Waals surface area (Å²) >= 11 is 0.501. The predicted octanol–water partition coefficient (Wildman–Crippen LogP) is 0.888. The summed E-state index contributed by atoms with van der Waals surface area (Å²) in [6.45, 7) is 0.396. The third kappa shape index (κ3) is 1.71. The van der Waals surface area contributed by atoms with Crippen LogP contribution >= 0.6 is 22.6 Å². The van der Waals surface area contributed by atoms with Gasteiger partial charge in [-0.25, -0.2) is 0 Å². The normalized spacial score (nSPS) is 28.6. The van der Waals surface area contributed by atoms with Crippen LogP contribution in [0.5, 0.6) is 0 Å². The molecule has 1 unspecified atom stereocenters. The Kier molecular flexibility index (Phi) is 2.27. The van der Waals surface area contributed by atoms with Gasteiger partial charge in [0.1, 0.15) is 12.9 Å². The van der Waals surface area contributed by atoms with E-state index in [9.17, 15) is 4.21 Å². The largest absolute Gasteiger partial charge is 0.387 e. The van der Waals surface area contributed by atoms with Crippen LogP contribution in [0.3, 0.4) is 0 Å². The molecule has 0 fully saturated rings. The molecule has 0 aromatic rings. The van der Waals surface area contributed by atoms with Crippen molar-refractivity contribution in [3.8, 4) is 0 Å². The van der Waals surface area contributed by atoms with Crippen molar-refractivity contribution in [3.63, 3.8) is 0 Å². The van der Waals surface area contributed by atoms with Crippen LogP contribution in [0.25, 0.3) is 0 Å². The minimum Gasteiger partial charge on any atom is -0.387 e. The molecule has 3 nitrogen and oxygen atoms in total. The van der Waals surface area contributed by atoms with Gasteiger partial charge in [-0.3, -0.25) is 4.18 Å². The third-order valence-corrected chi connectivity index (χ3v) is 1.68. The highest BCUT2D eigenvalue weighted by molar-refractivity contribution is 14.1. The summed E-state index contributed by atoms with van der Waals surface area (Å²) < 4.78 is 20.2. The first-order valence-corrected chi connectivity index (χ1v) is 3.93. The molecule has 0 spiro atoms. The maximum absolute atomic E-state index is 10.2. The minimum absolute atomic E-state index is 0.396. The van der Waals surface area contributed by atoms with E-state index in [2.05, 4.69) is 8.37 Å². The summed E-state index contributed by atoms with van der Waals surface area (Å²) in [6, 6.07) is 0. The molecular weight excluding hydrogens is 243 g/mol. The van der Waals surface area contributed by atoms with Crippen LogP contribution in [0.4, 0.5) is 0 Å². The van der Waals surface area contributed by atoms with Crippen molar-refractivity contribution in [2.75, 3.05) is 6.61 Å². The molecule has 5 heteroatoms. The second-order valence-corrected chi connectivity index (χ2v) is 3.35. The summed E-state index contributed by atoms with van der Waals surface area (Å²) in [5.74, 6) is 0. The van der Waals surface area contributed by atoms with E-state index in [0.717, 1.165) is 3.58 Å². The average Bonchev–Trinajstić information content (AvgIpc) is 1.77. The lowest BCUT2D eigenvalue weighted by Crippen LogP contribution is -2.05. The quantitative estimate of drug-likeness (QED) is 0.595. The molecule has 0 saturated heterocycles. The highest BCUT2D eigenvalue weighted by Crippen LogP contribution is 2.12. The predicted molar refractivity (Wildman–Crippen MR) is 37.3 cm³/mol. The summed E-state index contributed by atoms with van der Waals surface area (Å²) in [4.78, 5) is 0. The molecule has 1 aliphatic heterocycles. The van der Waals surface area contributed by atoms with Crippen molar-refractivity contribution in [3.05, 3.63) is 9.84 Å². The van der Waals surface area contributed by atoms with Gasteiger partial charge in [-0.15, -0.1) is 0 Å². The molecule has 0 aromatic heterocycles. The molecule has 1 heterocycles. The van der Waals surface area contributed by atoms with Crippen molar-refractivity contribution in [1.82, 2.24) is 0 Å². The van der Waals surface area contributed by atoms with Crippen LogP contribution in [0.1, 0.15) is 0 Å². The Bertz CT molecular complexity index is 143. The first-order chi connectivity index (χ1) is 3.79. The fraction of sp³-hybridized carbons (Fsp3) is 0.333. The Labute approximate surface area is 63.1 Å². The molecule has 0 N–H and O–H groups in total. The van der Waals surface area contributed by atoms with E-state index in [1.165, 1.54) is 6.26 Å². The van der Waals surface area contributed by atoms with Gasteiger partial charge in [-0.05, 0) is 22.6 Å². The average molecular weight is 246 g/mol. The molecule has 0 bridgehead atoms. The van der Waals surface area contributed by atoms with E-state index in [1.807, 2.05) is 22.6 Å². The SMILES string of the molecule is O=S1OC=C(I)CO1. The van der Waals surface area contributed by atoms with Crippen molar-refractivity contribution in [2.45, 2.75) is 0 Å². The molecule has 1 atom stereocenters. The highest BCUT2D eigenvalue weighted by Gasteiger charge is 2.06. The zero-order valence-corrected chi connectivity index (χ0v) is 6.77. The first-order valence-electron chi connectivity index (χ1n) is 1.86. The minimum atomic E-state index is -1.54. The molecule has 1 aliphatic rings. The molecule has 46 valence electrons. The van der Waals surface area contributed by atoms with Crippen molar-refractivity contribution < 1.29 is 12.6 Å². The van der Waals surface area contributed by atoms with E-state index in [0.29, 0.717) is 6.61 Å². The maximum atomic E-state index is 10.2. The van der Waals surface area contributed by atoms with Gasteiger partial charge in [0, 0.05) is 0 Å². The molecular formula is C3H3IO3S. The molecule has 1 rings (SSSR count). The monoisotopic (exact) mass is 246 g/mol. The summed E-state index contributed by atoms with van der Waals surface area (Å²) in [5, 5.41) is 0. The molecule has 0 amide bonds. The Balaban J connectivity index is 2.55. The second kappa shape index (κ2) is 2.79.